The molecule has 1 aliphatic rings. The number of methoxy groups -OCH3 is 1. The quantitative estimate of drug-likeness (QED) is 0.694. The Morgan fingerprint density at radius 1 is 0.957 bits per heavy atom. The van der Waals surface area contributed by atoms with E-state index in [1.165, 1.54) is 27.5 Å². The van der Waals surface area contributed by atoms with Crippen molar-refractivity contribution in [3.8, 4) is 5.75 Å². The molecule has 0 aromatic heterocycles. The molecule has 0 fully saturated rings. The smallest absolute Gasteiger partial charge is 0.124 e. The fourth-order valence-electron chi connectivity index (χ4n) is 3.80. The number of hydrogen-bond donors (Lipinski definition) is 0. The second kappa shape index (κ2) is 5.71. The van der Waals surface area contributed by atoms with Crippen molar-refractivity contribution >= 4 is 10.8 Å². The molecule has 3 aromatic carbocycles. The predicted octanol–water partition coefficient (Wildman–Crippen LogP) is 4.43. The molecule has 23 heavy (non-hydrogen) atoms. The number of nitrogens with zero attached hydrogens (tertiary/aromatic N) is 1. The minimum absolute atomic E-state index is 0.237. The zero-order valence-electron chi connectivity index (χ0n) is 13.6. The SMILES string of the molecule is COc1ccc2ccccc2c1C1c2ccccc2CCN1C. The lowest BCUT2D eigenvalue weighted by molar-refractivity contribution is 0.260. The summed E-state index contributed by atoms with van der Waals surface area (Å²) in [5, 5.41) is 2.54. The van der Waals surface area contributed by atoms with Gasteiger partial charge in [0.1, 0.15) is 5.75 Å². The van der Waals surface area contributed by atoms with Crippen LogP contribution in [0, 0.1) is 0 Å². The zero-order chi connectivity index (χ0) is 15.8. The van der Waals surface area contributed by atoms with E-state index in [0.29, 0.717) is 0 Å². The van der Waals surface area contributed by atoms with Gasteiger partial charge in [-0.3, -0.25) is 4.90 Å². The van der Waals surface area contributed by atoms with Gasteiger partial charge < -0.3 is 4.74 Å². The van der Waals surface area contributed by atoms with Gasteiger partial charge in [-0.2, -0.15) is 0 Å². The number of fused-ring (bicyclic) bond motifs is 2. The molecule has 1 heterocycles. The zero-order valence-corrected chi connectivity index (χ0v) is 13.6. The second-order valence-corrected chi connectivity index (χ2v) is 6.23. The summed E-state index contributed by atoms with van der Waals surface area (Å²) in [4.78, 5) is 2.44. The first-order valence-electron chi connectivity index (χ1n) is 8.13. The van der Waals surface area contributed by atoms with E-state index in [-0.39, 0.29) is 6.04 Å². The highest BCUT2D eigenvalue weighted by atomic mass is 16.5. The molecule has 0 aliphatic carbocycles. The average Bonchev–Trinajstić information content (AvgIpc) is 2.61. The van der Waals surface area contributed by atoms with Crippen molar-refractivity contribution in [2.45, 2.75) is 12.5 Å². The largest absolute Gasteiger partial charge is 0.496 e. The lowest BCUT2D eigenvalue weighted by Gasteiger charge is -2.36. The maximum absolute atomic E-state index is 5.74. The Morgan fingerprint density at radius 3 is 2.61 bits per heavy atom. The monoisotopic (exact) mass is 303 g/mol. The van der Waals surface area contributed by atoms with Crippen LogP contribution >= 0.6 is 0 Å². The first kappa shape index (κ1) is 14.3. The summed E-state index contributed by atoms with van der Waals surface area (Å²) in [5.41, 5.74) is 4.13. The van der Waals surface area contributed by atoms with Crippen LogP contribution in [0.25, 0.3) is 10.8 Å². The summed E-state index contributed by atoms with van der Waals surface area (Å²) >= 11 is 0. The summed E-state index contributed by atoms with van der Waals surface area (Å²) in [6.45, 7) is 1.06. The first-order valence-corrected chi connectivity index (χ1v) is 8.13. The van der Waals surface area contributed by atoms with E-state index >= 15 is 0 Å². The Hall–Kier alpha value is -2.32. The van der Waals surface area contributed by atoms with Gasteiger partial charge in [-0.15, -0.1) is 0 Å². The van der Waals surface area contributed by atoms with E-state index in [1.807, 2.05) is 0 Å². The van der Waals surface area contributed by atoms with Crippen LogP contribution in [0.1, 0.15) is 22.7 Å². The normalized spacial score (nSPS) is 17.9. The summed E-state index contributed by atoms with van der Waals surface area (Å²) in [5.74, 6) is 0.970. The predicted molar refractivity (Wildman–Crippen MR) is 95.1 cm³/mol. The van der Waals surface area contributed by atoms with Crippen LogP contribution in [-0.4, -0.2) is 25.6 Å². The summed E-state index contributed by atoms with van der Waals surface area (Å²) in [6, 6.07) is 21.9. The van der Waals surface area contributed by atoms with E-state index in [1.54, 1.807) is 7.11 Å². The van der Waals surface area contributed by atoms with Crippen molar-refractivity contribution in [1.82, 2.24) is 4.90 Å². The van der Waals surface area contributed by atoms with Crippen molar-refractivity contribution in [1.29, 1.82) is 0 Å². The third kappa shape index (κ3) is 2.30. The van der Waals surface area contributed by atoms with E-state index in [4.69, 9.17) is 4.74 Å². The van der Waals surface area contributed by atoms with Gasteiger partial charge in [0.15, 0.2) is 0 Å². The molecule has 1 unspecified atom stereocenters. The molecule has 0 spiro atoms. The topological polar surface area (TPSA) is 12.5 Å². The van der Waals surface area contributed by atoms with Gasteiger partial charge in [-0.05, 0) is 41.4 Å². The van der Waals surface area contributed by atoms with Crippen LogP contribution in [0.15, 0.2) is 60.7 Å². The van der Waals surface area contributed by atoms with Crippen LogP contribution in [0.3, 0.4) is 0 Å². The van der Waals surface area contributed by atoms with Gasteiger partial charge in [0, 0.05) is 12.1 Å². The van der Waals surface area contributed by atoms with Crippen molar-refractivity contribution in [3.05, 3.63) is 77.4 Å². The Bertz CT molecular complexity index is 855. The third-order valence-corrected chi connectivity index (χ3v) is 4.95. The fraction of sp³-hybridized carbons (Fsp3) is 0.238. The maximum Gasteiger partial charge on any atom is 0.124 e. The van der Waals surface area contributed by atoms with Crippen molar-refractivity contribution < 1.29 is 4.74 Å². The van der Waals surface area contributed by atoms with Crippen LogP contribution in [-0.2, 0) is 6.42 Å². The standard InChI is InChI=1S/C21H21NO/c1-22-14-13-16-8-4-6-10-18(16)21(22)20-17-9-5-3-7-15(17)11-12-19(20)23-2/h3-12,21H,13-14H2,1-2H3. The molecule has 4 rings (SSSR count). The van der Waals surface area contributed by atoms with Gasteiger partial charge in [0.2, 0.25) is 0 Å². The van der Waals surface area contributed by atoms with Crippen LogP contribution in [0.5, 0.6) is 5.75 Å². The van der Waals surface area contributed by atoms with Gasteiger partial charge in [0.25, 0.3) is 0 Å². The summed E-state index contributed by atoms with van der Waals surface area (Å²) in [6.07, 6.45) is 1.11. The van der Waals surface area contributed by atoms with E-state index in [0.717, 1.165) is 18.7 Å². The molecule has 0 radical (unpaired) electrons. The highest BCUT2D eigenvalue weighted by molar-refractivity contribution is 5.88. The molecule has 1 atom stereocenters. The van der Waals surface area contributed by atoms with Crippen LogP contribution in [0.4, 0.5) is 0 Å². The summed E-state index contributed by atoms with van der Waals surface area (Å²) < 4.78 is 5.74. The number of rotatable bonds is 2. The van der Waals surface area contributed by atoms with E-state index in [9.17, 15) is 0 Å². The Morgan fingerprint density at radius 2 is 1.74 bits per heavy atom. The summed E-state index contributed by atoms with van der Waals surface area (Å²) in [7, 11) is 3.98. The van der Waals surface area contributed by atoms with Crippen LogP contribution < -0.4 is 4.74 Å². The Labute approximate surface area is 137 Å². The lowest BCUT2D eigenvalue weighted by atomic mass is 9.86. The maximum atomic E-state index is 5.74. The number of hydrogen-bond acceptors (Lipinski definition) is 2. The third-order valence-electron chi connectivity index (χ3n) is 4.95. The highest BCUT2D eigenvalue weighted by Crippen LogP contribution is 2.42. The molecular weight excluding hydrogens is 282 g/mol. The minimum atomic E-state index is 0.237. The molecule has 116 valence electrons. The number of likely N-dealkylation sites (N-methyl/N-ethyl adjacent to an activating group) is 1. The number of ether oxygens (including phenoxy) is 1. The van der Waals surface area contributed by atoms with Gasteiger partial charge in [-0.25, -0.2) is 0 Å². The lowest BCUT2D eigenvalue weighted by Crippen LogP contribution is -2.33. The molecule has 2 nitrogen and oxygen atoms in total. The Balaban J connectivity index is 2.02. The van der Waals surface area contributed by atoms with Crippen molar-refractivity contribution in [2.75, 3.05) is 20.7 Å². The molecule has 0 saturated carbocycles. The molecule has 1 aliphatic heterocycles. The van der Waals surface area contributed by atoms with Crippen molar-refractivity contribution in [3.63, 3.8) is 0 Å². The molecule has 0 saturated heterocycles. The molecule has 0 bridgehead atoms. The molecule has 0 N–H and O–H groups in total. The van der Waals surface area contributed by atoms with Gasteiger partial charge in [-0.1, -0.05) is 54.6 Å². The average molecular weight is 303 g/mol. The molecule has 3 aromatic rings. The highest BCUT2D eigenvalue weighted by Gasteiger charge is 2.29. The number of benzene rings is 3. The van der Waals surface area contributed by atoms with Crippen LogP contribution in [0.2, 0.25) is 0 Å². The molecule has 2 heteroatoms. The fourth-order valence-corrected chi connectivity index (χ4v) is 3.80. The van der Waals surface area contributed by atoms with Crippen molar-refractivity contribution in [2.24, 2.45) is 0 Å². The van der Waals surface area contributed by atoms with Gasteiger partial charge in [0.05, 0.1) is 13.2 Å². The minimum Gasteiger partial charge on any atom is -0.496 e. The molecule has 0 amide bonds. The van der Waals surface area contributed by atoms with E-state index in [2.05, 4.69) is 72.6 Å². The Kier molecular flexibility index (Phi) is 3.55. The molecular formula is C21H21NO. The second-order valence-electron chi connectivity index (χ2n) is 6.23. The van der Waals surface area contributed by atoms with E-state index < -0.39 is 0 Å². The first-order chi connectivity index (χ1) is 11.3. The van der Waals surface area contributed by atoms with Gasteiger partial charge >= 0.3 is 0 Å².